The van der Waals surface area contributed by atoms with Crippen molar-refractivity contribution in [2.75, 3.05) is 0 Å². The van der Waals surface area contributed by atoms with Gasteiger partial charge in [-0.2, -0.15) is 0 Å². The quantitative estimate of drug-likeness (QED) is 0.428. The van der Waals surface area contributed by atoms with Crippen LogP contribution in [0.3, 0.4) is 0 Å². The Hall–Kier alpha value is -1.60. The molecule has 0 unspecified atom stereocenters. The maximum absolute atomic E-state index is 2.44. The van der Waals surface area contributed by atoms with Gasteiger partial charge in [0.2, 0.25) is 0 Å². The molecule has 0 amide bonds. The predicted octanol–water partition coefficient (Wildman–Crippen LogP) is 5.41. The summed E-state index contributed by atoms with van der Waals surface area (Å²) in [7, 11) is -1.10. The standard InChI is InChI=1S/C18H20Si/c1-19(2,3)13-15-12-14-8-4-5-9-16(14)18-11-7-6-10-17(15)18/h4-12H,13H2,1-3H3. The molecule has 0 radical (unpaired) electrons. The zero-order chi connectivity index (χ0) is 13.5. The van der Waals surface area contributed by atoms with Crippen LogP contribution in [-0.2, 0) is 6.04 Å². The molecule has 0 aliphatic rings. The van der Waals surface area contributed by atoms with Crippen LogP contribution in [0.1, 0.15) is 5.56 Å². The van der Waals surface area contributed by atoms with Crippen molar-refractivity contribution >= 4 is 29.6 Å². The van der Waals surface area contributed by atoms with Gasteiger partial charge in [-0.05, 0) is 33.2 Å². The van der Waals surface area contributed by atoms with Gasteiger partial charge < -0.3 is 0 Å². The molecule has 0 saturated carbocycles. The fraction of sp³-hybridized carbons (Fsp3) is 0.222. The minimum absolute atomic E-state index is 1.10. The van der Waals surface area contributed by atoms with Crippen LogP contribution in [-0.4, -0.2) is 8.07 Å². The molecule has 3 rings (SSSR count). The third kappa shape index (κ3) is 2.43. The van der Waals surface area contributed by atoms with Crippen molar-refractivity contribution in [2.24, 2.45) is 0 Å². The van der Waals surface area contributed by atoms with Crippen LogP contribution >= 0.6 is 0 Å². The van der Waals surface area contributed by atoms with E-state index >= 15 is 0 Å². The van der Waals surface area contributed by atoms with E-state index in [0.717, 1.165) is 0 Å². The molecule has 0 fully saturated rings. The Morgan fingerprint density at radius 3 is 2.00 bits per heavy atom. The van der Waals surface area contributed by atoms with E-state index in [9.17, 15) is 0 Å². The topological polar surface area (TPSA) is 0 Å². The summed E-state index contributed by atoms with van der Waals surface area (Å²) in [5.41, 5.74) is 1.52. The second-order valence-electron chi connectivity index (χ2n) is 6.54. The van der Waals surface area contributed by atoms with Crippen molar-refractivity contribution in [2.45, 2.75) is 25.7 Å². The van der Waals surface area contributed by atoms with Crippen molar-refractivity contribution in [3.8, 4) is 0 Å². The molecule has 1 heteroatoms. The van der Waals surface area contributed by atoms with Gasteiger partial charge >= 0.3 is 0 Å². The molecular weight excluding hydrogens is 244 g/mol. The molecule has 3 aromatic carbocycles. The molecule has 0 aromatic heterocycles. The third-order valence-corrected chi connectivity index (χ3v) is 5.02. The largest absolute Gasteiger partial charge is 0.0693 e. The lowest BCUT2D eigenvalue weighted by atomic mass is 9.98. The molecule has 0 spiro atoms. The van der Waals surface area contributed by atoms with Gasteiger partial charge in [0, 0.05) is 8.07 Å². The SMILES string of the molecule is C[Si](C)(C)Cc1cc2ccccc2c2ccccc12. The van der Waals surface area contributed by atoms with Crippen LogP contribution in [0, 0.1) is 0 Å². The van der Waals surface area contributed by atoms with Crippen molar-refractivity contribution < 1.29 is 0 Å². The second kappa shape index (κ2) is 4.50. The van der Waals surface area contributed by atoms with Crippen LogP contribution in [0.2, 0.25) is 19.6 Å². The number of hydrogen-bond acceptors (Lipinski definition) is 0. The summed E-state index contributed by atoms with van der Waals surface area (Å²) in [6.45, 7) is 7.32. The number of rotatable bonds is 2. The predicted molar refractivity (Wildman–Crippen MR) is 88.5 cm³/mol. The van der Waals surface area contributed by atoms with Gasteiger partial charge in [0.25, 0.3) is 0 Å². The first-order valence-electron chi connectivity index (χ1n) is 6.94. The summed E-state index contributed by atoms with van der Waals surface area (Å²) in [6.07, 6.45) is 0. The highest BCUT2D eigenvalue weighted by molar-refractivity contribution is 6.75. The summed E-state index contributed by atoms with van der Waals surface area (Å²) in [5, 5.41) is 5.57. The van der Waals surface area contributed by atoms with E-state index in [1.807, 2.05) is 0 Å². The molecule has 0 aliphatic heterocycles. The lowest BCUT2D eigenvalue weighted by Gasteiger charge is -2.18. The van der Waals surface area contributed by atoms with Gasteiger partial charge in [-0.3, -0.25) is 0 Å². The smallest absolute Gasteiger partial charge is 0.0487 e. The molecule has 19 heavy (non-hydrogen) atoms. The van der Waals surface area contributed by atoms with Crippen LogP contribution < -0.4 is 0 Å². The molecular formula is C18H20Si. The average molecular weight is 264 g/mol. The number of fused-ring (bicyclic) bond motifs is 3. The second-order valence-corrected chi connectivity index (χ2v) is 12.0. The van der Waals surface area contributed by atoms with E-state index in [0.29, 0.717) is 0 Å². The lowest BCUT2D eigenvalue weighted by Crippen LogP contribution is -2.24. The molecule has 0 heterocycles. The zero-order valence-corrected chi connectivity index (χ0v) is 12.9. The van der Waals surface area contributed by atoms with Crippen LogP contribution in [0.15, 0.2) is 54.6 Å². The minimum Gasteiger partial charge on any atom is -0.0693 e. The Morgan fingerprint density at radius 1 is 0.737 bits per heavy atom. The van der Waals surface area contributed by atoms with Crippen LogP contribution in [0.25, 0.3) is 21.5 Å². The summed E-state index contributed by atoms with van der Waals surface area (Å²) in [5.74, 6) is 0. The van der Waals surface area contributed by atoms with E-state index in [1.165, 1.54) is 33.2 Å². The van der Waals surface area contributed by atoms with Crippen LogP contribution in [0.5, 0.6) is 0 Å². The van der Waals surface area contributed by atoms with Gasteiger partial charge in [0.05, 0.1) is 0 Å². The Bertz CT molecular complexity index is 735. The van der Waals surface area contributed by atoms with Crippen molar-refractivity contribution in [3.05, 3.63) is 60.2 Å². The first-order valence-corrected chi connectivity index (χ1v) is 10.6. The van der Waals surface area contributed by atoms with Gasteiger partial charge in [-0.15, -0.1) is 0 Å². The molecule has 0 aliphatic carbocycles. The Kier molecular flexibility index (Phi) is 2.94. The zero-order valence-electron chi connectivity index (χ0n) is 11.9. The van der Waals surface area contributed by atoms with Crippen molar-refractivity contribution in [3.63, 3.8) is 0 Å². The van der Waals surface area contributed by atoms with Gasteiger partial charge in [-0.25, -0.2) is 0 Å². The van der Waals surface area contributed by atoms with Gasteiger partial charge in [0.1, 0.15) is 0 Å². The maximum atomic E-state index is 2.44. The Morgan fingerprint density at radius 2 is 1.32 bits per heavy atom. The van der Waals surface area contributed by atoms with E-state index in [4.69, 9.17) is 0 Å². The number of benzene rings is 3. The van der Waals surface area contributed by atoms with E-state index in [1.54, 1.807) is 0 Å². The summed E-state index contributed by atoms with van der Waals surface area (Å²) < 4.78 is 0. The normalized spacial score (nSPS) is 12.2. The highest BCUT2D eigenvalue weighted by Gasteiger charge is 2.16. The van der Waals surface area contributed by atoms with Crippen molar-refractivity contribution in [1.29, 1.82) is 0 Å². The fourth-order valence-electron chi connectivity index (χ4n) is 2.85. The molecule has 96 valence electrons. The summed E-state index contributed by atoms with van der Waals surface area (Å²) in [6, 6.07) is 21.2. The maximum Gasteiger partial charge on any atom is 0.0487 e. The first-order chi connectivity index (χ1) is 9.04. The Labute approximate surface area is 116 Å². The van der Waals surface area contributed by atoms with E-state index < -0.39 is 8.07 Å². The first kappa shape index (κ1) is 12.4. The van der Waals surface area contributed by atoms with E-state index in [-0.39, 0.29) is 0 Å². The molecule has 0 saturated heterocycles. The summed E-state index contributed by atoms with van der Waals surface area (Å²) in [4.78, 5) is 0. The highest BCUT2D eigenvalue weighted by Crippen LogP contribution is 2.30. The minimum atomic E-state index is -1.10. The van der Waals surface area contributed by atoms with Crippen LogP contribution in [0.4, 0.5) is 0 Å². The van der Waals surface area contributed by atoms with Gasteiger partial charge in [-0.1, -0.05) is 74.2 Å². The molecule has 0 atom stereocenters. The van der Waals surface area contributed by atoms with Gasteiger partial charge in [0.15, 0.2) is 0 Å². The number of hydrogen-bond donors (Lipinski definition) is 0. The monoisotopic (exact) mass is 264 g/mol. The highest BCUT2D eigenvalue weighted by atomic mass is 28.3. The average Bonchev–Trinajstić information content (AvgIpc) is 2.37. The Balaban J connectivity index is 2.36. The van der Waals surface area contributed by atoms with Crippen molar-refractivity contribution in [1.82, 2.24) is 0 Å². The van der Waals surface area contributed by atoms with E-state index in [2.05, 4.69) is 74.2 Å². The molecule has 0 bridgehead atoms. The molecule has 0 N–H and O–H groups in total. The summed E-state index contributed by atoms with van der Waals surface area (Å²) >= 11 is 0. The fourth-order valence-corrected chi connectivity index (χ4v) is 4.28. The molecule has 0 nitrogen and oxygen atoms in total. The molecule has 3 aromatic rings. The third-order valence-electron chi connectivity index (χ3n) is 3.57. The lowest BCUT2D eigenvalue weighted by molar-refractivity contribution is 1.35.